The predicted octanol–water partition coefficient (Wildman–Crippen LogP) is -1.39. The topological polar surface area (TPSA) is 94.8 Å². The van der Waals surface area contributed by atoms with E-state index in [1.807, 2.05) is 0 Å². The molecule has 0 bridgehead atoms. The van der Waals surface area contributed by atoms with Crippen molar-refractivity contribution in [3.8, 4) is 0 Å². The highest BCUT2D eigenvalue weighted by atomic mass is 32.2. The van der Waals surface area contributed by atoms with Crippen LogP contribution in [0.3, 0.4) is 0 Å². The monoisotopic (exact) mass is 202 g/mol. The Morgan fingerprint density at radius 1 is 1.08 bits per heavy atom. The first kappa shape index (κ1) is 10.2. The molecule has 5 nitrogen and oxygen atoms in total. The third-order valence-electron chi connectivity index (χ3n) is 1.48. The number of rotatable bonds is 2. The zero-order valence-electron chi connectivity index (χ0n) is 6.45. The Morgan fingerprint density at radius 2 is 1.54 bits per heavy atom. The van der Waals surface area contributed by atoms with Gasteiger partial charge in [-0.15, -0.1) is 0 Å². The minimum absolute atomic E-state index is 0.160. The summed E-state index contributed by atoms with van der Waals surface area (Å²) in [5, 5.41) is 17.3. The first-order valence-electron chi connectivity index (χ1n) is 3.35. The largest absolute Gasteiger partial charge is 0.488 e. The quantitative estimate of drug-likeness (QED) is 0.405. The molecule has 0 heterocycles. The van der Waals surface area contributed by atoms with Crippen LogP contribution < -0.4 is 5.46 Å². The van der Waals surface area contributed by atoms with E-state index in [2.05, 4.69) is 0 Å². The van der Waals surface area contributed by atoms with Gasteiger partial charge in [-0.1, -0.05) is 12.1 Å². The van der Waals surface area contributed by atoms with Crippen molar-refractivity contribution in [1.82, 2.24) is 0 Å². The molecule has 0 spiro atoms. The second kappa shape index (κ2) is 3.47. The van der Waals surface area contributed by atoms with Crippen LogP contribution in [-0.2, 0) is 10.1 Å². The molecule has 0 aliphatic carbocycles. The molecule has 0 saturated carbocycles. The summed E-state index contributed by atoms with van der Waals surface area (Å²) < 4.78 is 29.7. The van der Waals surface area contributed by atoms with Crippen LogP contribution in [0.5, 0.6) is 0 Å². The number of benzene rings is 1. The van der Waals surface area contributed by atoms with Gasteiger partial charge in [-0.25, -0.2) is 0 Å². The van der Waals surface area contributed by atoms with Crippen LogP contribution in [0, 0.1) is 0 Å². The van der Waals surface area contributed by atoms with Crippen molar-refractivity contribution < 1.29 is 23.0 Å². The fourth-order valence-electron chi connectivity index (χ4n) is 0.812. The highest BCUT2D eigenvalue weighted by Crippen LogP contribution is 2.04. The fraction of sp³-hybridized carbons (Fsp3) is 0. The van der Waals surface area contributed by atoms with Gasteiger partial charge in [-0.05, 0) is 17.6 Å². The maximum atomic E-state index is 10.5. The SMILES string of the molecule is O=S(=O)(O)c1ccc(B(O)O)cc1. The van der Waals surface area contributed by atoms with Crippen molar-refractivity contribution in [2.75, 3.05) is 0 Å². The van der Waals surface area contributed by atoms with Gasteiger partial charge in [-0.2, -0.15) is 8.42 Å². The van der Waals surface area contributed by atoms with Gasteiger partial charge < -0.3 is 10.0 Å². The summed E-state index contributed by atoms with van der Waals surface area (Å²) >= 11 is 0. The minimum atomic E-state index is -4.21. The molecule has 1 rings (SSSR count). The summed E-state index contributed by atoms with van der Waals surface area (Å²) in [6, 6.07) is 4.58. The highest BCUT2D eigenvalue weighted by Gasteiger charge is 2.13. The Kier molecular flexibility index (Phi) is 2.72. The third kappa shape index (κ3) is 2.53. The molecular weight excluding hydrogens is 195 g/mol. The second-order valence-electron chi connectivity index (χ2n) is 2.42. The van der Waals surface area contributed by atoms with Gasteiger partial charge in [0.25, 0.3) is 10.1 Å². The molecule has 1 aromatic rings. The van der Waals surface area contributed by atoms with Crippen LogP contribution in [0.1, 0.15) is 0 Å². The van der Waals surface area contributed by atoms with E-state index in [9.17, 15) is 8.42 Å². The molecule has 0 saturated heterocycles. The standard InChI is InChI=1S/C6H7BO5S/c8-7(9)5-1-3-6(4-2-5)13(10,11)12/h1-4,8-9H,(H,10,11,12). The third-order valence-corrected chi connectivity index (χ3v) is 2.34. The Labute approximate surface area is 75.5 Å². The normalized spacial score (nSPS) is 11.3. The average Bonchev–Trinajstić information content (AvgIpc) is 2.03. The molecule has 0 aliphatic heterocycles. The van der Waals surface area contributed by atoms with Gasteiger partial charge in [-0.3, -0.25) is 4.55 Å². The molecule has 70 valence electrons. The van der Waals surface area contributed by atoms with Crippen molar-refractivity contribution in [1.29, 1.82) is 0 Å². The highest BCUT2D eigenvalue weighted by molar-refractivity contribution is 7.85. The number of hydrogen-bond acceptors (Lipinski definition) is 4. The molecule has 0 aromatic heterocycles. The Hall–Kier alpha value is -0.885. The maximum absolute atomic E-state index is 10.5. The first-order chi connectivity index (χ1) is 5.91. The van der Waals surface area contributed by atoms with Crippen molar-refractivity contribution >= 4 is 22.7 Å². The average molecular weight is 202 g/mol. The molecule has 0 fully saturated rings. The van der Waals surface area contributed by atoms with E-state index >= 15 is 0 Å². The first-order valence-corrected chi connectivity index (χ1v) is 4.79. The Balaban J connectivity index is 3.08. The summed E-state index contributed by atoms with van der Waals surface area (Å²) in [5.74, 6) is 0. The molecule has 0 amide bonds. The van der Waals surface area contributed by atoms with E-state index in [1.54, 1.807) is 0 Å². The smallest absolute Gasteiger partial charge is 0.423 e. The van der Waals surface area contributed by atoms with Gasteiger partial charge in [0.2, 0.25) is 0 Å². The van der Waals surface area contributed by atoms with Crippen LogP contribution in [0.25, 0.3) is 0 Å². The molecule has 1 aromatic carbocycles. The summed E-state index contributed by atoms with van der Waals surface area (Å²) in [4.78, 5) is -0.281. The van der Waals surface area contributed by atoms with E-state index in [1.165, 1.54) is 12.1 Å². The lowest BCUT2D eigenvalue weighted by Gasteiger charge is -1.99. The summed E-state index contributed by atoms with van der Waals surface area (Å²) in [5.41, 5.74) is 0.160. The Bertz CT molecular complexity index is 382. The van der Waals surface area contributed by atoms with Crippen LogP contribution in [0.4, 0.5) is 0 Å². The molecule has 7 heteroatoms. The predicted molar refractivity (Wildman–Crippen MR) is 46.1 cm³/mol. The van der Waals surface area contributed by atoms with Gasteiger partial charge in [0.15, 0.2) is 0 Å². The molecule has 0 atom stereocenters. The molecule has 0 unspecified atom stereocenters. The van der Waals surface area contributed by atoms with Crippen molar-refractivity contribution in [3.63, 3.8) is 0 Å². The van der Waals surface area contributed by atoms with Gasteiger partial charge in [0, 0.05) is 0 Å². The van der Waals surface area contributed by atoms with E-state index < -0.39 is 17.2 Å². The van der Waals surface area contributed by atoms with Crippen LogP contribution in [0.15, 0.2) is 29.2 Å². The zero-order chi connectivity index (χ0) is 10.1. The van der Waals surface area contributed by atoms with Crippen molar-refractivity contribution in [2.45, 2.75) is 4.90 Å². The second-order valence-corrected chi connectivity index (χ2v) is 3.84. The van der Waals surface area contributed by atoms with Crippen LogP contribution >= 0.6 is 0 Å². The van der Waals surface area contributed by atoms with Gasteiger partial charge in [0.05, 0.1) is 4.90 Å². The van der Waals surface area contributed by atoms with Crippen molar-refractivity contribution in [2.24, 2.45) is 0 Å². The van der Waals surface area contributed by atoms with E-state index in [0.717, 1.165) is 12.1 Å². The Morgan fingerprint density at radius 3 is 1.85 bits per heavy atom. The summed E-state index contributed by atoms with van der Waals surface area (Å²) in [7, 11) is -5.85. The van der Waals surface area contributed by atoms with Gasteiger partial charge in [0.1, 0.15) is 0 Å². The molecular formula is C6H7BO5S. The summed E-state index contributed by atoms with van der Waals surface area (Å²) in [6.07, 6.45) is 0. The van der Waals surface area contributed by atoms with Gasteiger partial charge >= 0.3 is 7.12 Å². The molecule has 13 heavy (non-hydrogen) atoms. The summed E-state index contributed by atoms with van der Waals surface area (Å²) in [6.45, 7) is 0. The molecule has 0 radical (unpaired) electrons. The lowest BCUT2D eigenvalue weighted by atomic mass is 9.81. The minimum Gasteiger partial charge on any atom is -0.423 e. The molecule has 0 aliphatic rings. The van der Waals surface area contributed by atoms with E-state index in [-0.39, 0.29) is 10.4 Å². The van der Waals surface area contributed by atoms with Crippen molar-refractivity contribution in [3.05, 3.63) is 24.3 Å². The van der Waals surface area contributed by atoms with E-state index in [0.29, 0.717) is 0 Å². The zero-order valence-corrected chi connectivity index (χ0v) is 7.27. The lowest BCUT2D eigenvalue weighted by Crippen LogP contribution is -2.29. The van der Waals surface area contributed by atoms with E-state index in [4.69, 9.17) is 14.6 Å². The lowest BCUT2D eigenvalue weighted by molar-refractivity contribution is 0.425. The van der Waals surface area contributed by atoms with Crippen LogP contribution in [-0.4, -0.2) is 30.1 Å². The molecule has 3 N–H and O–H groups in total. The fourth-order valence-corrected chi connectivity index (χ4v) is 1.29. The van der Waals surface area contributed by atoms with Crippen LogP contribution in [0.2, 0.25) is 0 Å². The maximum Gasteiger partial charge on any atom is 0.488 e. The number of hydrogen-bond donors (Lipinski definition) is 3.